The molecule has 2 aromatic rings. The second-order valence-corrected chi connectivity index (χ2v) is 6.18. The van der Waals surface area contributed by atoms with Crippen LogP contribution in [0.15, 0.2) is 47.4 Å². The van der Waals surface area contributed by atoms with E-state index in [1.165, 1.54) is 0 Å². The molecule has 1 aromatic carbocycles. The average molecular weight is 326 g/mol. The number of aromatic nitrogens is 1. The molecule has 126 valence electrons. The minimum Gasteiger partial charge on any atom is -0.445 e. The Hall–Kier alpha value is -2.56. The van der Waals surface area contributed by atoms with Gasteiger partial charge in [-0.3, -0.25) is 4.79 Å². The molecule has 3 rings (SSSR count). The highest BCUT2D eigenvalue weighted by atomic mass is 16.6. The number of likely N-dealkylation sites (tertiary alicyclic amines) is 1. The number of amides is 1. The van der Waals surface area contributed by atoms with Gasteiger partial charge in [0.05, 0.1) is 6.04 Å². The zero-order chi connectivity index (χ0) is 16.9. The normalized spacial score (nSPS) is 17.5. The van der Waals surface area contributed by atoms with Crippen molar-refractivity contribution in [2.45, 2.75) is 38.8 Å². The van der Waals surface area contributed by atoms with Gasteiger partial charge in [0.15, 0.2) is 0 Å². The molecule has 0 radical (unpaired) electrons. The predicted molar refractivity (Wildman–Crippen MR) is 91.7 cm³/mol. The third-order valence-corrected chi connectivity index (χ3v) is 4.47. The molecule has 5 nitrogen and oxygen atoms in total. The van der Waals surface area contributed by atoms with Crippen molar-refractivity contribution in [3.8, 4) is 0 Å². The maximum atomic E-state index is 12.6. The van der Waals surface area contributed by atoms with Crippen LogP contribution in [0.3, 0.4) is 0 Å². The van der Waals surface area contributed by atoms with Crippen LogP contribution in [0, 0.1) is 6.92 Å². The van der Waals surface area contributed by atoms with Crippen LogP contribution in [0.2, 0.25) is 0 Å². The van der Waals surface area contributed by atoms with Gasteiger partial charge in [-0.05, 0) is 42.9 Å². The largest absolute Gasteiger partial charge is 0.445 e. The fourth-order valence-electron chi connectivity index (χ4n) is 3.22. The van der Waals surface area contributed by atoms with Crippen molar-refractivity contribution in [1.29, 1.82) is 0 Å². The summed E-state index contributed by atoms with van der Waals surface area (Å²) in [6.07, 6.45) is 4.35. The first kappa shape index (κ1) is 16.3. The van der Waals surface area contributed by atoms with E-state index >= 15 is 0 Å². The van der Waals surface area contributed by atoms with Crippen molar-refractivity contribution >= 4 is 6.09 Å². The first-order valence-corrected chi connectivity index (χ1v) is 8.31. The summed E-state index contributed by atoms with van der Waals surface area (Å²) >= 11 is 0. The van der Waals surface area contributed by atoms with Crippen molar-refractivity contribution in [1.82, 2.24) is 9.88 Å². The summed E-state index contributed by atoms with van der Waals surface area (Å²) in [4.78, 5) is 28.5. The van der Waals surface area contributed by atoms with E-state index in [2.05, 4.69) is 4.98 Å². The Labute approximate surface area is 141 Å². The molecule has 2 heterocycles. The minimum absolute atomic E-state index is 0.0427. The molecule has 1 aromatic heterocycles. The zero-order valence-electron chi connectivity index (χ0n) is 13.8. The van der Waals surface area contributed by atoms with Crippen molar-refractivity contribution in [3.63, 3.8) is 0 Å². The summed E-state index contributed by atoms with van der Waals surface area (Å²) in [7, 11) is 0. The van der Waals surface area contributed by atoms with Gasteiger partial charge in [0.25, 0.3) is 0 Å². The van der Waals surface area contributed by atoms with E-state index in [-0.39, 0.29) is 24.3 Å². The first-order valence-electron chi connectivity index (χ1n) is 8.31. The van der Waals surface area contributed by atoms with Gasteiger partial charge in [-0.15, -0.1) is 0 Å². The highest BCUT2D eigenvalue weighted by Crippen LogP contribution is 2.32. The number of aryl methyl sites for hydroxylation is 1. The molecule has 0 spiro atoms. The number of rotatable bonds is 3. The summed E-state index contributed by atoms with van der Waals surface area (Å²) in [5, 5.41) is 0. The number of hydrogen-bond donors (Lipinski definition) is 1. The Morgan fingerprint density at radius 3 is 2.83 bits per heavy atom. The van der Waals surface area contributed by atoms with Crippen molar-refractivity contribution in [3.05, 3.63) is 69.6 Å². The van der Waals surface area contributed by atoms with E-state index in [9.17, 15) is 9.59 Å². The molecule has 0 aliphatic carbocycles. The van der Waals surface area contributed by atoms with Crippen LogP contribution in [0.4, 0.5) is 4.79 Å². The van der Waals surface area contributed by atoms with Gasteiger partial charge in [0, 0.05) is 18.8 Å². The molecule has 1 amide bonds. The van der Waals surface area contributed by atoms with Crippen LogP contribution in [0.25, 0.3) is 0 Å². The van der Waals surface area contributed by atoms with Crippen LogP contribution < -0.4 is 5.56 Å². The van der Waals surface area contributed by atoms with Crippen molar-refractivity contribution < 1.29 is 9.53 Å². The van der Waals surface area contributed by atoms with Gasteiger partial charge >= 0.3 is 6.09 Å². The van der Waals surface area contributed by atoms with E-state index in [1.54, 1.807) is 17.2 Å². The third-order valence-electron chi connectivity index (χ3n) is 4.47. The maximum absolute atomic E-state index is 12.6. The van der Waals surface area contributed by atoms with Gasteiger partial charge in [0.2, 0.25) is 5.56 Å². The Kier molecular flexibility index (Phi) is 4.99. The second kappa shape index (κ2) is 7.34. The fraction of sp³-hybridized carbons (Fsp3) is 0.368. The molecule has 1 saturated heterocycles. The lowest BCUT2D eigenvalue weighted by atomic mass is 9.94. The lowest BCUT2D eigenvalue weighted by Crippen LogP contribution is -2.39. The van der Waals surface area contributed by atoms with Gasteiger partial charge in [-0.2, -0.15) is 0 Å². The lowest BCUT2D eigenvalue weighted by Gasteiger charge is -2.35. The molecule has 5 heteroatoms. The highest BCUT2D eigenvalue weighted by molar-refractivity contribution is 5.68. The maximum Gasteiger partial charge on any atom is 0.410 e. The Morgan fingerprint density at radius 2 is 2.08 bits per heavy atom. The summed E-state index contributed by atoms with van der Waals surface area (Å²) < 4.78 is 5.50. The topological polar surface area (TPSA) is 62.4 Å². The number of ether oxygens (including phenoxy) is 1. The van der Waals surface area contributed by atoms with Crippen LogP contribution in [0.5, 0.6) is 0 Å². The van der Waals surface area contributed by atoms with E-state index < -0.39 is 0 Å². The summed E-state index contributed by atoms with van der Waals surface area (Å²) in [6.45, 7) is 2.86. The standard InChI is InChI=1S/C19H22N2O3/c1-14-11-18(22)20-12-16(14)17-9-5-6-10-21(17)19(23)24-13-15-7-3-2-4-8-15/h2-4,7-8,11-12,17H,5-6,9-10,13H2,1H3,(H,20,22). The van der Waals surface area contributed by atoms with Crippen LogP contribution in [-0.2, 0) is 11.3 Å². The second-order valence-electron chi connectivity index (χ2n) is 6.18. The quantitative estimate of drug-likeness (QED) is 0.938. The number of nitrogens with one attached hydrogen (secondary N) is 1. The molecule has 0 saturated carbocycles. The molecule has 1 unspecified atom stereocenters. The molecule has 0 bridgehead atoms. The van der Waals surface area contributed by atoms with Crippen molar-refractivity contribution in [2.24, 2.45) is 0 Å². The minimum atomic E-state index is -0.297. The summed E-state index contributed by atoms with van der Waals surface area (Å²) in [5.41, 5.74) is 2.75. The molecular weight excluding hydrogens is 304 g/mol. The molecule has 1 fully saturated rings. The molecule has 1 aliphatic heterocycles. The average Bonchev–Trinajstić information content (AvgIpc) is 2.61. The predicted octanol–water partition coefficient (Wildman–Crippen LogP) is 3.55. The number of carbonyl (C=O) groups is 1. The Balaban J connectivity index is 1.74. The van der Waals surface area contributed by atoms with Gasteiger partial charge in [-0.25, -0.2) is 4.79 Å². The molecule has 24 heavy (non-hydrogen) atoms. The van der Waals surface area contributed by atoms with Crippen LogP contribution in [0.1, 0.15) is 42.0 Å². The monoisotopic (exact) mass is 326 g/mol. The zero-order valence-corrected chi connectivity index (χ0v) is 13.8. The number of hydrogen-bond acceptors (Lipinski definition) is 3. The number of piperidine rings is 1. The first-order chi connectivity index (χ1) is 11.6. The van der Waals surface area contributed by atoms with E-state index in [4.69, 9.17) is 4.74 Å². The number of pyridine rings is 1. The van der Waals surface area contributed by atoms with Crippen LogP contribution >= 0.6 is 0 Å². The number of carbonyl (C=O) groups excluding carboxylic acids is 1. The van der Waals surface area contributed by atoms with Gasteiger partial charge in [0.1, 0.15) is 6.61 Å². The number of aromatic amines is 1. The van der Waals surface area contributed by atoms with Crippen molar-refractivity contribution in [2.75, 3.05) is 6.54 Å². The SMILES string of the molecule is Cc1cc(=O)[nH]cc1C1CCCCN1C(=O)OCc1ccccc1. The number of H-pyrrole nitrogens is 1. The lowest BCUT2D eigenvalue weighted by molar-refractivity contribution is 0.0677. The summed E-state index contributed by atoms with van der Waals surface area (Å²) in [5.74, 6) is 0. The Morgan fingerprint density at radius 1 is 1.29 bits per heavy atom. The fourth-order valence-corrected chi connectivity index (χ4v) is 3.22. The molecule has 1 atom stereocenters. The van der Waals surface area contributed by atoms with E-state index in [1.807, 2.05) is 37.3 Å². The third kappa shape index (κ3) is 3.67. The van der Waals surface area contributed by atoms with Crippen LogP contribution in [-0.4, -0.2) is 22.5 Å². The number of benzene rings is 1. The highest BCUT2D eigenvalue weighted by Gasteiger charge is 2.30. The molecule has 1 N–H and O–H groups in total. The summed E-state index contributed by atoms with van der Waals surface area (Å²) in [6, 6.07) is 11.2. The van der Waals surface area contributed by atoms with E-state index in [0.717, 1.165) is 36.0 Å². The van der Waals surface area contributed by atoms with Gasteiger partial charge < -0.3 is 14.6 Å². The molecule has 1 aliphatic rings. The van der Waals surface area contributed by atoms with Gasteiger partial charge in [-0.1, -0.05) is 30.3 Å². The molecular formula is C19H22N2O3. The Bertz CT molecular complexity index is 755. The van der Waals surface area contributed by atoms with E-state index in [0.29, 0.717) is 6.54 Å². The number of nitrogens with zero attached hydrogens (tertiary/aromatic N) is 1. The smallest absolute Gasteiger partial charge is 0.410 e.